The topological polar surface area (TPSA) is 72.9 Å². The fourth-order valence-electron chi connectivity index (χ4n) is 3.08. The van der Waals surface area contributed by atoms with Crippen LogP contribution < -0.4 is 9.47 Å². The van der Waals surface area contributed by atoms with E-state index in [1.54, 1.807) is 61.7 Å². The van der Waals surface area contributed by atoms with Gasteiger partial charge in [0.2, 0.25) is 0 Å². The number of nitrogens with zero attached hydrogens (tertiary/aromatic N) is 1. The van der Waals surface area contributed by atoms with Crippen LogP contribution in [-0.4, -0.2) is 29.1 Å². The molecule has 7 heteroatoms. The normalized spacial score (nSPS) is 14.7. The molecule has 0 bridgehead atoms. The number of hydrogen-bond acceptors (Lipinski definition) is 6. The van der Waals surface area contributed by atoms with Crippen LogP contribution in [0.2, 0.25) is 0 Å². The molecule has 0 aliphatic carbocycles. The Kier molecular flexibility index (Phi) is 6.37. The molecule has 0 radical (unpaired) electrons. The van der Waals surface area contributed by atoms with Crippen LogP contribution in [0.5, 0.6) is 11.5 Å². The summed E-state index contributed by atoms with van der Waals surface area (Å²) in [7, 11) is 1.55. The molecule has 160 valence electrons. The standard InChI is InChI=1S/C25H19NO5S/c1-30-20-13-9-19(10-14-20)24(28)31-21-11-7-17(8-12-21)15-22-23(27)26(25(29)32-22)16-18-5-3-2-4-6-18/h2-15H,16H2,1H3/b22-15+. The minimum absolute atomic E-state index is 0.239. The fraction of sp³-hybridized carbons (Fsp3) is 0.0800. The number of methoxy groups -OCH3 is 1. The van der Waals surface area contributed by atoms with Gasteiger partial charge in [0, 0.05) is 0 Å². The molecule has 2 amide bonds. The molecular formula is C25H19NO5S. The van der Waals surface area contributed by atoms with Crippen molar-refractivity contribution in [3.8, 4) is 11.5 Å². The Morgan fingerprint density at radius 3 is 2.22 bits per heavy atom. The molecule has 0 N–H and O–H groups in total. The molecular weight excluding hydrogens is 426 g/mol. The molecule has 0 atom stereocenters. The van der Waals surface area contributed by atoms with Gasteiger partial charge in [-0.2, -0.15) is 0 Å². The van der Waals surface area contributed by atoms with Crippen molar-refractivity contribution in [1.29, 1.82) is 0 Å². The average Bonchev–Trinajstić information content (AvgIpc) is 3.08. The van der Waals surface area contributed by atoms with Crippen LogP contribution in [0.4, 0.5) is 4.79 Å². The van der Waals surface area contributed by atoms with Crippen LogP contribution in [0.3, 0.4) is 0 Å². The third-order valence-corrected chi connectivity index (χ3v) is 5.68. The van der Waals surface area contributed by atoms with Crippen LogP contribution >= 0.6 is 11.8 Å². The van der Waals surface area contributed by atoms with Gasteiger partial charge in [0.05, 0.1) is 24.1 Å². The third kappa shape index (κ3) is 4.90. The van der Waals surface area contributed by atoms with Crippen molar-refractivity contribution in [3.05, 3.63) is 100 Å². The molecule has 4 rings (SSSR count). The molecule has 0 aromatic heterocycles. The van der Waals surface area contributed by atoms with E-state index in [0.717, 1.165) is 22.9 Å². The Morgan fingerprint density at radius 2 is 1.56 bits per heavy atom. The van der Waals surface area contributed by atoms with E-state index in [2.05, 4.69) is 0 Å². The van der Waals surface area contributed by atoms with Gasteiger partial charge in [-0.1, -0.05) is 42.5 Å². The number of carbonyl (C=O) groups is 3. The van der Waals surface area contributed by atoms with Gasteiger partial charge in [-0.15, -0.1) is 0 Å². The summed E-state index contributed by atoms with van der Waals surface area (Å²) in [6.07, 6.45) is 1.66. The number of rotatable bonds is 6. The van der Waals surface area contributed by atoms with Crippen molar-refractivity contribution in [1.82, 2.24) is 4.90 Å². The Bertz CT molecular complexity index is 1170. The smallest absolute Gasteiger partial charge is 0.343 e. The number of benzene rings is 3. The van der Waals surface area contributed by atoms with Gasteiger partial charge < -0.3 is 9.47 Å². The predicted octanol–water partition coefficient (Wildman–Crippen LogP) is 5.15. The summed E-state index contributed by atoms with van der Waals surface area (Å²) in [6, 6.07) is 22.7. The van der Waals surface area contributed by atoms with Gasteiger partial charge in [-0.3, -0.25) is 14.5 Å². The summed E-state index contributed by atoms with van der Waals surface area (Å²) in [6.45, 7) is 0.239. The largest absolute Gasteiger partial charge is 0.497 e. The van der Waals surface area contributed by atoms with E-state index in [-0.39, 0.29) is 17.7 Å². The van der Waals surface area contributed by atoms with Crippen LogP contribution in [0.25, 0.3) is 6.08 Å². The lowest BCUT2D eigenvalue weighted by Crippen LogP contribution is -2.27. The Hall–Kier alpha value is -3.84. The molecule has 0 spiro atoms. The van der Waals surface area contributed by atoms with Crippen LogP contribution in [0.15, 0.2) is 83.8 Å². The number of imide groups is 1. The van der Waals surface area contributed by atoms with Gasteiger partial charge in [0.25, 0.3) is 11.1 Å². The van der Waals surface area contributed by atoms with E-state index in [0.29, 0.717) is 22.0 Å². The van der Waals surface area contributed by atoms with Gasteiger partial charge in [0.15, 0.2) is 0 Å². The number of thioether (sulfide) groups is 1. The van der Waals surface area contributed by atoms with E-state index in [9.17, 15) is 14.4 Å². The van der Waals surface area contributed by atoms with Crippen LogP contribution in [0, 0.1) is 0 Å². The second-order valence-corrected chi connectivity index (χ2v) is 7.93. The zero-order valence-corrected chi connectivity index (χ0v) is 18.0. The van der Waals surface area contributed by atoms with Crippen molar-refractivity contribution in [3.63, 3.8) is 0 Å². The average molecular weight is 445 g/mol. The summed E-state index contributed by atoms with van der Waals surface area (Å²) >= 11 is 0.914. The van der Waals surface area contributed by atoms with Crippen molar-refractivity contribution in [2.75, 3.05) is 7.11 Å². The van der Waals surface area contributed by atoms with E-state index < -0.39 is 5.97 Å². The quantitative estimate of drug-likeness (QED) is 0.297. The van der Waals surface area contributed by atoms with Crippen LogP contribution in [-0.2, 0) is 11.3 Å². The Morgan fingerprint density at radius 1 is 0.906 bits per heavy atom. The van der Waals surface area contributed by atoms with Crippen molar-refractivity contribution in [2.45, 2.75) is 6.54 Å². The number of amides is 2. The zero-order valence-electron chi connectivity index (χ0n) is 17.2. The van der Waals surface area contributed by atoms with Crippen LogP contribution in [0.1, 0.15) is 21.5 Å². The molecule has 1 saturated heterocycles. The lowest BCUT2D eigenvalue weighted by molar-refractivity contribution is -0.123. The number of esters is 1. The van der Waals surface area contributed by atoms with Crippen molar-refractivity contribution in [2.24, 2.45) is 0 Å². The van der Waals surface area contributed by atoms with Crippen molar-refractivity contribution < 1.29 is 23.9 Å². The molecule has 0 saturated carbocycles. The zero-order chi connectivity index (χ0) is 22.5. The molecule has 6 nitrogen and oxygen atoms in total. The molecule has 1 fully saturated rings. The molecule has 3 aromatic rings. The first-order valence-corrected chi connectivity index (χ1v) is 10.6. The maximum Gasteiger partial charge on any atom is 0.343 e. The first kappa shape index (κ1) is 21.4. The number of ether oxygens (including phenoxy) is 2. The highest BCUT2D eigenvalue weighted by Crippen LogP contribution is 2.33. The SMILES string of the molecule is COc1ccc(C(=O)Oc2ccc(/C=C3/SC(=O)N(Cc4ccccc4)C3=O)cc2)cc1. The summed E-state index contributed by atoms with van der Waals surface area (Å²) < 4.78 is 10.5. The van der Waals surface area contributed by atoms with Gasteiger partial charge in [-0.05, 0) is 65.4 Å². The lowest BCUT2D eigenvalue weighted by atomic mass is 10.2. The van der Waals surface area contributed by atoms with Gasteiger partial charge in [0.1, 0.15) is 11.5 Å². The Balaban J connectivity index is 1.42. The molecule has 1 aliphatic rings. The highest BCUT2D eigenvalue weighted by Gasteiger charge is 2.34. The van der Waals surface area contributed by atoms with Crippen molar-refractivity contribution >= 4 is 35.0 Å². The first-order chi connectivity index (χ1) is 15.5. The monoisotopic (exact) mass is 445 g/mol. The molecule has 0 unspecified atom stereocenters. The maximum absolute atomic E-state index is 12.7. The predicted molar refractivity (Wildman–Crippen MR) is 122 cm³/mol. The van der Waals surface area contributed by atoms with E-state index in [1.165, 1.54) is 4.90 Å². The molecule has 1 aliphatic heterocycles. The van der Waals surface area contributed by atoms with Gasteiger partial charge >= 0.3 is 5.97 Å². The second kappa shape index (κ2) is 9.53. The maximum atomic E-state index is 12.7. The highest BCUT2D eigenvalue weighted by molar-refractivity contribution is 8.18. The summed E-state index contributed by atoms with van der Waals surface area (Å²) in [4.78, 5) is 38.8. The first-order valence-electron chi connectivity index (χ1n) is 9.79. The minimum atomic E-state index is -0.484. The summed E-state index contributed by atoms with van der Waals surface area (Å²) in [5.74, 6) is 0.223. The number of hydrogen-bond donors (Lipinski definition) is 0. The second-order valence-electron chi connectivity index (χ2n) is 6.94. The molecule has 1 heterocycles. The van der Waals surface area contributed by atoms with E-state index >= 15 is 0 Å². The summed E-state index contributed by atoms with van der Waals surface area (Å²) in [5, 5.41) is -0.296. The minimum Gasteiger partial charge on any atom is -0.497 e. The Labute approximate surface area is 189 Å². The third-order valence-electron chi connectivity index (χ3n) is 4.77. The van der Waals surface area contributed by atoms with Gasteiger partial charge in [-0.25, -0.2) is 4.79 Å². The fourth-order valence-corrected chi connectivity index (χ4v) is 3.92. The molecule has 3 aromatic carbocycles. The lowest BCUT2D eigenvalue weighted by Gasteiger charge is -2.12. The number of carbonyl (C=O) groups excluding carboxylic acids is 3. The van der Waals surface area contributed by atoms with E-state index in [4.69, 9.17) is 9.47 Å². The summed E-state index contributed by atoms with van der Waals surface area (Å²) in [5.41, 5.74) is 2.01. The highest BCUT2D eigenvalue weighted by atomic mass is 32.2. The molecule has 32 heavy (non-hydrogen) atoms. The van der Waals surface area contributed by atoms with E-state index in [1.807, 2.05) is 30.3 Å².